The van der Waals surface area contributed by atoms with E-state index >= 15 is 0 Å². The molecule has 0 spiro atoms. The Balaban J connectivity index is 4.63. The molecule has 84 valence electrons. The third-order valence-corrected chi connectivity index (χ3v) is 2.53. The molecule has 4 nitrogen and oxygen atoms in total. The van der Waals surface area contributed by atoms with Gasteiger partial charge in [-0.05, 0) is 12.8 Å². The summed E-state index contributed by atoms with van der Waals surface area (Å²) in [6, 6.07) is 0. The first kappa shape index (κ1) is 13.4. The summed E-state index contributed by atoms with van der Waals surface area (Å²) < 4.78 is 4.86. The molecule has 0 aliphatic heterocycles. The number of aliphatic hydroxyl groups is 1. The first-order valence-corrected chi connectivity index (χ1v) is 4.96. The number of ether oxygens (including phenoxy) is 1. The van der Waals surface area contributed by atoms with Crippen molar-refractivity contribution < 1.29 is 19.7 Å². The molecule has 0 radical (unpaired) electrons. The van der Waals surface area contributed by atoms with Gasteiger partial charge in [0, 0.05) is 7.11 Å². The molecule has 0 aromatic heterocycles. The summed E-state index contributed by atoms with van der Waals surface area (Å²) in [5.74, 6) is -1.69. The standard InChI is InChI=1S/C10H20O4/c1-4-6-8(9(11)12)10(13,5-2)7-14-3/h8,13H,4-7H2,1-3H3,(H,11,12). The van der Waals surface area contributed by atoms with Gasteiger partial charge in [-0.2, -0.15) is 0 Å². The Labute approximate surface area is 84.9 Å². The van der Waals surface area contributed by atoms with Crippen LogP contribution in [0, 0.1) is 5.92 Å². The Hall–Kier alpha value is -0.610. The highest BCUT2D eigenvalue weighted by atomic mass is 16.5. The van der Waals surface area contributed by atoms with Crippen LogP contribution < -0.4 is 0 Å². The van der Waals surface area contributed by atoms with Crippen molar-refractivity contribution in [1.82, 2.24) is 0 Å². The van der Waals surface area contributed by atoms with Crippen molar-refractivity contribution in [3.05, 3.63) is 0 Å². The van der Waals surface area contributed by atoms with Crippen molar-refractivity contribution in [1.29, 1.82) is 0 Å². The molecule has 0 bridgehead atoms. The smallest absolute Gasteiger partial charge is 0.309 e. The van der Waals surface area contributed by atoms with Crippen molar-refractivity contribution in [2.75, 3.05) is 13.7 Å². The van der Waals surface area contributed by atoms with Gasteiger partial charge in [0.05, 0.1) is 12.5 Å². The van der Waals surface area contributed by atoms with E-state index in [2.05, 4.69) is 0 Å². The van der Waals surface area contributed by atoms with E-state index < -0.39 is 17.5 Å². The molecule has 0 aromatic rings. The van der Waals surface area contributed by atoms with Gasteiger partial charge in [-0.1, -0.05) is 20.3 Å². The minimum absolute atomic E-state index is 0.0699. The molecule has 0 rings (SSSR count). The fourth-order valence-electron chi connectivity index (χ4n) is 1.61. The second-order valence-electron chi connectivity index (χ2n) is 3.57. The maximum Gasteiger partial charge on any atom is 0.309 e. The molecule has 2 atom stereocenters. The Morgan fingerprint density at radius 3 is 2.36 bits per heavy atom. The van der Waals surface area contributed by atoms with Crippen LogP contribution in [0.3, 0.4) is 0 Å². The highest BCUT2D eigenvalue weighted by molar-refractivity contribution is 5.71. The number of hydrogen-bond acceptors (Lipinski definition) is 3. The number of carboxylic acid groups (broad SMARTS) is 1. The normalized spacial score (nSPS) is 17.4. The third kappa shape index (κ3) is 3.27. The van der Waals surface area contributed by atoms with Crippen LogP contribution in [0.25, 0.3) is 0 Å². The summed E-state index contributed by atoms with van der Waals surface area (Å²) in [5, 5.41) is 19.1. The molecular weight excluding hydrogens is 184 g/mol. The summed E-state index contributed by atoms with van der Waals surface area (Å²) in [7, 11) is 1.46. The predicted molar refractivity (Wildman–Crippen MR) is 53.2 cm³/mol. The Kier molecular flexibility index (Phi) is 5.72. The van der Waals surface area contributed by atoms with E-state index in [9.17, 15) is 9.90 Å². The SMILES string of the molecule is CCCC(C(=O)O)C(O)(CC)COC. The molecule has 2 unspecified atom stereocenters. The fraction of sp³-hybridized carbons (Fsp3) is 0.900. The highest BCUT2D eigenvalue weighted by Gasteiger charge is 2.39. The van der Waals surface area contributed by atoms with Crippen molar-refractivity contribution in [2.45, 2.75) is 38.7 Å². The molecule has 14 heavy (non-hydrogen) atoms. The van der Waals surface area contributed by atoms with Crippen LogP contribution in [0.5, 0.6) is 0 Å². The van der Waals surface area contributed by atoms with Gasteiger partial charge in [0.15, 0.2) is 0 Å². The van der Waals surface area contributed by atoms with Crippen LogP contribution >= 0.6 is 0 Å². The molecule has 0 fully saturated rings. The van der Waals surface area contributed by atoms with E-state index in [1.165, 1.54) is 7.11 Å². The second-order valence-corrected chi connectivity index (χ2v) is 3.57. The third-order valence-electron chi connectivity index (χ3n) is 2.53. The number of hydrogen-bond donors (Lipinski definition) is 2. The summed E-state index contributed by atoms with van der Waals surface area (Å²) in [6.45, 7) is 3.74. The molecular formula is C10H20O4. The van der Waals surface area contributed by atoms with E-state index in [1.807, 2.05) is 6.92 Å². The van der Waals surface area contributed by atoms with Crippen LogP contribution in [-0.4, -0.2) is 35.5 Å². The molecule has 0 saturated heterocycles. The van der Waals surface area contributed by atoms with Crippen LogP contribution in [0.15, 0.2) is 0 Å². The molecule has 0 amide bonds. The zero-order valence-corrected chi connectivity index (χ0v) is 9.12. The van der Waals surface area contributed by atoms with Gasteiger partial charge >= 0.3 is 5.97 Å². The van der Waals surface area contributed by atoms with Gasteiger partial charge < -0.3 is 14.9 Å². The van der Waals surface area contributed by atoms with Gasteiger partial charge in [0.25, 0.3) is 0 Å². The van der Waals surface area contributed by atoms with Gasteiger partial charge in [-0.15, -0.1) is 0 Å². The number of methoxy groups -OCH3 is 1. The van der Waals surface area contributed by atoms with E-state index in [4.69, 9.17) is 9.84 Å². The van der Waals surface area contributed by atoms with Crippen LogP contribution in [0.1, 0.15) is 33.1 Å². The first-order chi connectivity index (χ1) is 6.51. The summed E-state index contributed by atoms with van der Waals surface area (Å²) in [6.07, 6.45) is 1.60. The quantitative estimate of drug-likeness (QED) is 0.655. The molecule has 0 aromatic carbocycles. The maximum absolute atomic E-state index is 11.0. The minimum Gasteiger partial charge on any atom is -0.481 e. The zero-order valence-electron chi connectivity index (χ0n) is 9.12. The summed E-state index contributed by atoms with van der Waals surface area (Å²) in [5.41, 5.74) is -1.24. The highest BCUT2D eigenvalue weighted by Crippen LogP contribution is 2.26. The second kappa shape index (κ2) is 5.98. The van der Waals surface area contributed by atoms with Crippen molar-refractivity contribution in [2.24, 2.45) is 5.92 Å². The molecule has 0 aliphatic carbocycles. The minimum atomic E-state index is -1.24. The van der Waals surface area contributed by atoms with E-state index in [0.29, 0.717) is 12.8 Å². The molecule has 4 heteroatoms. The van der Waals surface area contributed by atoms with Gasteiger partial charge in [-0.3, -0.25) is 4.79 Å². The number of aliphatic carboxylic acids is 1. The average Bonchev–Trinajstić information content (AvgIpc) is 2.14. The largest absolute Gasteiger partial charge is 0.481 e. The average molecular weight is 204 g/mol. The lowest BCUT2D eigenvalue weighted by Crippen LogP contribution is -2.45. The summed E-state index contributed by atoms with van der Waals surface area (Å²) >= 11 is 0. The molecule has 0 aliphatic rings. The molecule has 0 saturated carbocycles. The van der Waals surface area contributed by atoms with Gasteiger partial charge in [0.2, 0.25) is 0 Å². The van der Waals surface area contributed by atoms with E-state index in [0.717, 1.165) is 6.42 Å². The lowest BCUT2D eigenvalue weighted by atomic mass is 9.82. The Morgan fingerprint density at radius 1 is 1.50 bits per heavy atom. The maximum atomic E-state index is 11.0. The Morgan fingerprint density at radius 2 is 2.07 bits per heavy atom. The number of carbonyl (C=O) groups is 1. The number of carboxylic acids is 1. The lowest BCUT2D eigenvalue weighted by molar-refractivity contribution is -0.158. The topological polar surface area (TPSA) is 66.8 Å². The predicted octanol–water partition coefficient (Wildman–Crippen LogP) is 1.27. The lowest BCUT2D eigenvalue weighted by Gasteiger charge is -2.31. The summed E-state index contributed by atoms with van der Waals surface area (Å²) in [4.78, 5) is 11.0. The van der Waals surface area contributed by atoms with Gasteiger partial charge in [0.1, 0.15) is 5.60 Å². The zero-order chi connectivity index (χ0) is 11.2. The first-order valence-electron chi connectivity index (χ1n) is 4.96. The monoisotopic (exact) mass is 204 g/mol. The van der Waals surface area contributed by atoms with Crippen LogP contribution in [-0.2, 0) is 9.53 Å². The van der Waals surface area contributed by atoms with E-state index in [1.54, 1.807) is 6.92 Å². The van der Waals surface area contributed by atoms with Crippen molar-refractivity contribution in [3.8, 4) is 0 Å². The van der Waals surface area contributed by atoms with Crippen LogP contribution in [0.2, 0.25) is 0 Å². The van der Waals surface area contributed by atoms with Gasteiger partial charge in [-0.25, -0.2) is 0 Å². The molecule has 2 N–H and O–H groups in total. The fourth-order valence-corrected chi connectivity index (χ4v) is 1.61. The van der Waals surface area contributed by atoms with Crippen LogP contribution in [0.4, 0.5) is 0 Å². The molecule has 0 heterocycles. The Bertz CT molecular complexity index is 181. The van der Waals surface area contributed by atoms with Crippen molar-refractivity contribution in [3.63, 3.8) is 0 Å². The number of rotatable bonds is 7. The van der Waals surface area contributed by atoms with Crippen molar-refractivity contribution >= 4 is 5.97 Å². The van der Waals surface area contributed by atoms with E-state index in [-0.39, 0.29) is 6.61 Å².